The standard InChI is InChI=1S/C7H8ClNO4/c1-2-4-3-5(10)9(6(4)11)13-7(8)12/h3,10-11H,2H2,1H3. The van der Waals surface area contributed by atoms with Crippen LogP contribution in [0.3, 0.4) is 0 Å². The molecule has 0 saturated heterocycles. The third-order valence-corrected chi connectivity index (χ3v) is 1.60. The predicted molar refractivity (Wildman–Crippen MR) is 45.0 cm³/mol. The first-order valence-corrected chi connectivity index (χ1v) is 3.94. The van der Waals surface area contributed by atoms with E-state index in [4.69, 9.17) is 16.7 Å². The summed E-state index contributed by atoms with van der Waals surface area (Å²) in [5.74, 6) is -0.697. The fourth-order valence-corrected chi connectivity index (χ4v) is 1.01. The Labute approximate surface area is 79.1 Å². The minimum absolute atomic E-state index is 0.325. The number of halogens is 1. The maximum Gasteiger partial charge on any atom is 0.428 e. The zero-order chi connectivity index (χ0) is 10.0. The molecular weight excluding hydrogens is 198 g/mol. The number of hydrogen-bond donors (Lipinski definition) is 2. The van der Waals surface area contributed by atoms with Crippen LogP contribution in [-0.4, -0.2) is 20.4 Å². The summed E-state index contributed by atoms with van der Waals surface area (Å²) in [6.45, 7) is 1.78. The number of nitrogens with zero attached hydrogens (tertiary/aromatic N) is 1. The Morgan fingerprint density at radius 2 is 2.31 bits per heavy atom. The molecule has 1 aromatic heterocycles. The van der Waals surface area contributed by atoms with Crippen molar-refractivity contribution in [3.8, 4) is 11.8 Å². The van der Waals surface area contributed by atoms with Gasteiger partial charge in [0.1, 0.15) is 0 Å². The van der Waals surface area contributed by atoms with E-state index in [1.807, 2.05) is 0 Å². The highest BCUT2D eigenvalue weighted by molar-refractivity contribution is 6.61. The molecule has 72 valence electrons. The molecule has 0 aliphatic rings. The van der Waals surface area contributed by atoms with Gasteiger partial charge in [-0.3, -0.25) is 0 Å². The van der Waals surface area contributed by atoms with Crippen molar-refractivity contribution in [1.82, 2.24) is 4.73 Å². The second-order valence-corrected chi connectivity index (χ2v) is 2.64. The van der Waals surface area contributed by atoms with Crippen LogP contribution in [0.2, 0.25) is 0 Å². The fraction of sp³-hybridized carbons (Fsp3) is 0.286. The molecule has 6 heteroatoms. The van der Waals surface area contributed by atoms with Crippen LogP contribution in [0.15, 0.2) is 6.07 Å². The van der Waals surface area contributed by atoms with E-state index in [0.29, 0.717) is 16.7 Å². The Balaban J connectivity index is 3.05. The summed E-state index contributed by atoms with van der Waals surface area (Å²) in [5.41, 5.74) is -0.667. The lowest BCUT2D eigenvalue weighted by atomic mass is 10.2. The molecular formula is C7H8ClNO4. The number of aromatic nitrogens is 1. The SMILES string of the molecule is CCc1cc(O)n(OC(=O)Cl)c1O. The Morgan fingerprint density at radius 3 is 2.69 bits per heavy atom. The van der Waals surface area contributed by atoms with Gasteiger partial charge in [-0.25, -0.2) is 4.79 Å². The summed E-state index contributed by atoms with van der Waals surface area (Å²) in [6.07, 6.45) is 0.506. The van der Waals surface area contributed by atoms with Gasteiger partial charge < -0.3 is 15.1 Å². The van der Waals surface area contributed by atoms with Crippen LogP contribution in [0, 0.1) is 0 Å². The van der Waals surface area contributed by atoms with Gasteiger partial charge in [-0.15, -0.1) is 4.73 Å². The van der Waals surface area contributed by atoms with E-state index in [1.165, 1.54) is 6.07 Å². The molecule has 0 amide bonds. The summed E-state index contributed by atoms with van der Waals surface area (Å²) >= 11 is 4.90. The zero-order valence-corrected chi connectivity index (χ0v) is 7.58. The molecule has 0 spiro atoms. The number of rotatable bonds is 2. The van der Waals surface area contributed by atoms with Crippen molar-refractivity contribution in [2.24, 2.45) is 0 Å². The van der Waals surface area contributed by atoms with Crippen molar-refractivity contribution in [1.29, 1.82) is 0 Å². The van der Waals surface area contributed by atoms with Crippen LogP contribution in [0.25, 0.3) is 0 Å². The first-order valence-electron chi connectivity index (χ1n) is 3.56. The maximum atomic E-state index is 10.3. The van der Waals surface area contributed by atoms with Crippen molar-refractivity contribution < 1.29 is 19.8 Å². The first kappa shape index (κ1) is 9.73. The normalized spacial score (nSPS) is 10.0. The van der Waals surface area contributed by atoms with Gasteiger partial charge in [0.05, 0.1) is 0 Å². The Bertz CT molecular complexity index is 333. The minimum Gasteiger partial charge on any atom is -0.492 e. The molecule has 1 rings (SSSR count). The maximum absolute atomic E-state index is 10.3. The number of carbonyl (C=O) groups is 1. The topological polar surface area (TPSA) is 71.7 Å². The van der Waals surface area contributed by atoms with Gasteiger partial charge in [0.2, 0.25) is 11.8 Å². The van der Waals surface area contributed by atoms with E-state index in [2.05, 4.69) is 4.84 Å². The third-order valence-electron chi connectivity index (χ3n) is 1.53. The molecule has 0 aliphatic carbocycles. The largest absolute Gasteiger partial charge is 0.492 e. The predicted octanol–water partition coefficient (Wildman–Crippen LogP) is 1.25. The molecule has 0 unspecified atom stereocenters. The molecule has 0 aliphatic heterocycles. The van der Waals surface area contributed by atoms with Crippen LogP contribution in [0.1, 0.15) is 12.5 Å². The van der Waals surface area contributed by atoms with Crippen LogP contribution >= 0.6 is 11.6 Å². The van der Waals surface area contributed by atoms with Crippen molar-refractivity contribution in [2.75, 3.05) is 0 Å². The number of aromatic hydroxyl groups is 2. The highest BCUT2D eigenvalue weighted by Crippen LogP contribution is 2.26. The molecule has 2 N–H and O–H groups in total. The van der Waals surface area contributed by atoms with Crippen LogP contribution < -0.4 is 4.84 Å². The van der Waals surface area contributed by atoms with Gasteiger partial charge in [0, 0.05) is 23.2 Å². The first-order chi connectivity index (χ1) is 6.06. The average molecular weight is 206 g/mol. The second kappa shape index (κ2) is 3.57. The summed E-state index contributed by atoms with van der Waals surface area (Å²) in [4.78, 5) is 14.6. The number of carbonyl (C=O) groups excluding carboxylic acids is 1. The third kappa shape index (κ3) is 1.86. The van der Waals surface area contributed by atoms with E-state index in [1.54, 1.807) is 6.92 Å². The van der Waals surface area contributed by atoms with E-state index in [9.17, 15) is 9.90 Å². The lowest BCUT2D eigenvalue weighted by Gasteiger charge is -2.02. The van der Waals surface area contributed by atoms with Crippen molar-refractivity contribution >= 4 is 17.0 Å². The molecule has 0 saturated carbocycles. The molecule has 13 heavy (non-hydrogen) atoms. The van der Waals surface area contributed by atoms with E-state index < -0.39 is 5.43 Å². The van der Waals surface area contributed by atoms with Gasteiger partial charge in [0.15, 0.2) is 0 Å². The van der Waals surface area contributed by atoms with Crippen LogP contribution in [0.4, 0.5) is 4.79 Å². The summed E-state index contributed by atoms with van der Waals surface area (Å²) in [6, 6.07) is 1.29. The average Bonchev–Trinajstić information content (AvgIpc) is 2.31. The highest BCUT2D eigenvalue weighted by Gasteiger charge is 2.15. The Kier molecular flexibility index (Phi) is 2.67. The molecule has 0 radical (unpaired) electrons. The molecule has 0 aromatic carbocycles. The van der Waals surface area contributed by atoms with Gasteiger partial charge in [0.25, 0.3) is 0 Å². The molecule has 0 fully saturated rings. The van der Waals surface area contributed by atoms with Crippen molar-refractivity contribution in [3.63, 3.8) is 0 Å². The fourth-order valence-electron chi connectivity index (χ4n) is 0.940. The summed E-state index contributed by atoms with van der Waals surface area (Å²) in [7, 11) is 0. The molecule has 5 nitrogen and oxygen atoms in total. The zero-order valence-electron chi connectivity index (χ0n) is 6.82. The lowest BCUT2D eigenvalue weighted by molar-refractivity contribution is 0.129. The van der Waals surface area contributed by atoms with Crippen LogP contribution in [-0.2, 0) is 6.42 Å². The van der Waals surface area contributed by atoms with E-state index >= 15 is 0 Å². The molecule has 1 aromatic rings. The van der Waals surface area contributed by atoms with Gasteiger partial charge in [-0.2, -0.15) is 0 Å². The Hall–Kier alpha value is -1.36. The summed E-state index contributed by atoms with van der Waals surface area (Å²) in [5, 5.41) is 18.5. The summed E-state index contributed by atoms with van der Waals surface area (Å²) < 4.78 is 0.564. The lowest BCUT2D eigenvalue weighted by Crippen LogP contribution is -2.12. The van der Waals surface area contributed by atoms with E-state index in [-0.39, 0.29) is 11.8 Å². The number of aryl methyl sites for hydroxylation is 1. The van der Waals surface area contributed by atoms with Gasteiger partial charge in [-0.05, 0) is 6.42 Å². The molecule has 1 heterocycles. The van der Waals surface area contributed by atoms with E-state index in [0.717, 1.165) is 0 Å². The quantitative estimate of drug-likeness (QED) is 0.713. The molecule has 0 atom stereocenters. The minimum atomic E-state index is -1.14. The van der Waals surface area contributed by atoms with Crippen molar-refractivity contribution in [3.05, 3.63) is 11.6 Å². The van der Waals surface area contributed by atoms with Gasteiger partial charge >= 0.3 is 5.43 Å². The smallest absolute Gasteiger partial charge is 0.428 e. The molecule has 0 bridgehead atoms. The number of hydrogen-bond acceptors (Lipinski definition) is 4. The Morgan fingerprint density at radius 1 is 1.69 bits per heavy atom. The van der Waals surface area contributed by atoms with Crippen LogP contribution in [0.5, 0.6) is 11.8 Å². The highest BCUT2D eigenvalue weighted by atomic mass is 35.5. The van der Waals surface area contributed by atoms with Crippen molar-refractivity contribution in [2.45, 2.75) is 13.3 Å². The van der Waals surface area contributed by atoms with Gasteiger partial charge in [-0.1, -0.05) is 6.92 Å². The second-order valence-electron chi connectivity index (χ2n) is 2.33. The monoisotopic (exact) mass is 205 g/mol.